The molecule has 0 aliphatic carbocycles. The van der Waals surface area contributed by atoms with Crippen molar-refractivity contribution in [1.29, 1.82) is 0 Å². The molecule has 6 heteroatoms. The molecule has 1 saturated heterocycles. The zero-order valence-electron chi connectivity index (χ0n) is 9.87. The van der Waals surface area contributed by atoms with Gasteiger partial charge in [-0.2, -0.15) is 5.10 Å². The molecule has 0 radical (unpaired) electrons. The summed E-state index contributed by atoms with van der Waals surface area (Å²) in [6.07, 6.45) is 4.92. The Morgan fingerprint density at radius 2 is 2.44 bits per heavy atom. The van der Waals surface area contributed by atoms with Gasteiger partial charge in [0.2, 0.25) is 0 Å². The molecule has 3 heterocycles. The Kier molecular flexibility index (Phi) is 3.10. The molecule has 0 bridgehead atoms. The van der Waals surface area contributed by atoms with Crippen LogP contribution in [0.15, 0.2) is 23.2 Å². The van der Waals surface area contributed by atoms with Gasteiger partial charge in [-0.25, -0.2) is 4.98 Å². The molecule has 0 spiro atoms. The number of hydrogen-bond acceptors (Lipinski definition) is 4. The number of aromatic amines is 1. The Labute approximate surface area is 109 Å². The summed E-state index contributed by atoms with van der Waals surface area (Å²) in [4.78, 5) is 18.4. The van der Waals surface area contributed by atoms with E-state index in [1.54, 1.807) is 17.1 Å². The average Bonchev–Trinajstić information content (AvgIpc) is 3.11. The monoisotopic (exact) mass is 262 g/mol. The number of carbonyl (C=O) groups excluding carboxylic acids is 1. The maximum atomic E-state index is 12.4. The maximum absolute atomic E-state index is 12.4. The van der Waals surface area contributed by atoms with Crippen LogP contribution in [0.5, 0.6) is 0 Å². The molecule has 18 heavy (non-hydrogen) atoms. The minimum Gasteiger partial charge on any atom is -0.329 e. The van der Waals surface area contributed by atoms with Crippen LogP contribution < -0.4 is 0 Å². The highest BCUT2D eigenvalue weighted by molar-refractivity contribution is 7.07. The number of thiazole rings is 1. The van der Waals surface area contributed by atoms with Crippen LogP contribution in [0.1, 0.15) is 41.5 Å². The van der Waals surface area contributed by atoms with Crippen LogP contribution in [-0.2, 0) is 0 Å². The van der Waals surface area contributed by atoms with Crippen LogP contribution in [0.25, 0.3) is 0 Å². The molecule has 1 atom stereocenters. The van der Waals surface area contributed by atoms with Crippen molar-refractivity contribution in [1.82, 2.24) is 20.1 Å². The summed E-state index contributed by atoms with van der Waals surface area (Å²) in [5, 5.41) is 8.76. The fraction of sp³-hybridized carbons (Fsp3) is 0.417. The predicted octanol–water partition coefficient (Wildman–Crippen LogP) is 2.23. The van der Waals surface area contributed by atoms with E-state index in [0.29, 0.717) is 5.69 Å². The van der Waals surface area contributed by atoms with E-state index < -0.39 is 0 Å². The lowest BCUT2D eigenvalue weighted by Gasteiger charge is -2.34. The van der Waals surface area contributed by atoms with E-state index in [2.05, 4.69) is 15.2 Å². The Morgan fingerprint density at radius 1 is 1.50 bits per heavy atom. The van der Waals surface area contributed by atoms with Gasteiger partial charge in [0.15, 0.2) is 0 Å². The number of piperidine rings is 1. The average molecular weight is 262 g/mol. The molecule has 1 aliphatic heterocycles. The highest BCUT2D eigenvalue weighted by atomic mass is 32.1. The first kappa shape index (κ1) is 11.4. The fourth-order valence-electron chi connectivity index (χ4n) is 2.42. The minimum atomic E-state index is 0.0237. The number of amides is 1. The van der Waals surface area contributed by atoms with Crippen molar-refractivity contribution in [3.63, 3.8) is 0 Å². The molecule has 0 unspecified atom stereocenters. The van der Waals surface area contributed by atoms with E-state index in [4.69, 9.17) is 0 Å². The molecule has 5 nitrogen and oxygen atoms in total. The van der Waals surface area contributed by atoms with Crippen molar-refractivity contribution in [3.05, 3.63) is 34.5 Å². The minimum absolute atomic E-state index is 0.0237. The van der Waals surface area contributed by atoms with Crippen LogP contribution in [0, 0.1) is 0 Å². The van der Waals surface area contributed by atoms with Crippen LogP contribution in [-0.4, -0.2) is 32.5 Å². The van der Waals surface area contributed by atoms with Gasteiger partial charge < -0.3 is 4.90 Å². The third kappa shape index (κ3) is 2.03. The van der Waals surface area contributed by atoms with Crippen molar-refractivity contribution < 1.29 is 4.79 Å². The summed E-state index contributed by atoms with van der Waals surface area (Å²) < 4.78 is 0. The number of H-pyrrole nitrogens is 1. The summed E-state index contributed by atoms with van der Waals surface area (Å²) in [6.45, 7) is 0.792. The van der Waals surface area contributed by atoms with Gasteiger partial charge >= 0.3 is 0 Å². The third-order valence-corrected chi connectivity index (χ3v) is 3.88. The molecule has 1 fully saturated rings. The van der Waals surface area contributed by atoms with Crippen molar-refractivity contribution in [2.75, 3.05) is 6.54 Å². The largest absolute Gasteiger partial charge is 0.329 e. The SMILES string of the molecule is O=C(c1cscn1)N1CCCC[C@@H]1c1ccn[nH]1. The van der Waals surface area contributed by atoms with Crippen LogP contribution in [0.2, 0.25) is 0 Å². The van der Waals surface area contributed by atoms with E-state index in [1.165, 1.54) is 11.3 Å². The summed E-state index contributed by atoms with van der Waals surface area (Å²) in [6, 6.07) is 2.05. The van der Waals surface area contributed by atoms with Crippen molar-refractivity contribution in [2.24, 2.45) is 0 Å². The van der Waals surface area contributed by atoms with E-state index in [1.807, 2.05) is 11.0 Å². The first-order chi connectivity index (χ1) is 8.86. The summed E-state index contributed by atoms with van der Waals surface area (Å²) in [5.41, 5.74) is 3.26. The van der Waals surface area contributed by atoms with Gasteiger partial charge in [-0.1, -0.05) is 0 Å². The molecule has 2 aromatic rings. The lowest BCUT2D eigenvalue weighted by atomic mass is 9.99. The first-order valence-electron chi connectivity index (χ1n) is 6.04. The molecule has 94 valence electrons. The third-order valence-electron chi connectivity index (χ3n) is 3.30. The first-order valence-corrected chi connectivity index (χ1v) is 6.99. The summed E-state index contributed by atoms with van der Waals surface area (Å²) in [7, 11) is 0. The van der Waals surface area contributed by atoms with Crippen LogP contribution in [0.3, 0.4) is 0 Å². The lowest BCUT2D eigenvalue weighted by Crippen LogP contribution is -2.38. The number of rotatable bonds is 2. The van der Waals surface area contributed by atoms with Gasteiger partial charge in [-0.3, -0.25) is 9.89 Å². The molecule has 1 amide bonds. The number of likely N-dealkylation sites (tertiary alicyclic amines) is 1. The Morgan fingerprint density at radius 3 is 3.17 bits per heavy atom. The Balaban J connectivity index is 1.86. The van der Waals surface area contributed by atoms with Gasteiger partial charge in [0.1, 0.15) is 5.69 Å². The molecule has 0 aromatic carbocycles. The molecule has 3 rings (SSSR count). The van der Waals surface area contributed by atoms with Crippen molar-refractivity contribution >= 4 is 17.2 Å². The highest BCUT2D eigenvalue weighted by Gasteiger charge is 2.30. The van der Waals surface area contributed by atoms with Gasteiger partial charge in [0.25, 0.3) is 5.91 Å². The van der Waals surface area contributed by atoms with E-state index >= 15 is 0 Å². The van der Waals surface area contributed by atoms with Gasteiger partial charge in [-0.15, -0.1) is 11.3 Å². The Bertz CT molecular complexity index is 508. The highest BCUT2D eigenvalue weighted by Crippen LogP contribution is 2.30. The number of nitrogens with one attached hydrogen (secondary N) is 1. The number of aromatic nitrogens is 3. The summed E-state index contributed by atoms with van der Waals surface area (Å²) >= 11 is 1.45. The van der Waals surface area contributed by atoms with Gasteiger partial charge in [-0.05, 0) is 25.3 Å². The second-order valence-corrected chi connectivity index (χ2v) is 5.11. The zero-order chi connectivity index (χ0) is 12.4. The lowest BCUT2D eigenvalue weighted by molar-refractivity contribution is 0.0601. The molecular formula is C12H14N4OS. The number of hydrogen-bond donors (Lipinski definition) is 1. The molecule has 0 saturated carbocycles. The summed E-state index contributed by atoms with van der Waals surface area (Å²) in [5.74, 6) is 0.0237. The van der Waals surface area contributed by atoms with Crippen molar-refractivity contribution in [2.45, 2.75) is 25.3 Å². The fourth-order valence-corrected chi connectivity index (χ4v) is 2.94. The van der Waals surface area contributed by atoms with E-state index in [9.17, 15) is 4.79 Å². The van der Waals surface area contributed by atoms with E-state index in [-0.39, 0.29) is 11.9 Å². The molecule has 2 aromatic heterocycles. The van der Waals surface area contributed by atoms with Gasteiger partial charge in [0.05, 0.1) is 17.2 Å². The quantitative estimate of drug-likeness (QED) is 0.902. The zero-order valence-corrected chi connectivity index (χ0v) is 10.7. The standard InChI is InChI=1S/C12H14N4OS/c17-12(10-7-18-8-13-10)16-6-2-1-3-11(16)9-4-5-14-15-9/h4-5,7-8,11H,1-3,6H2,(H,14,15)/t11-/m1/s1. The molecular weight excluding hydrogens is 248 g/mol. The topological polar surface area (TPSA) is 61.9 Å². The predicted molar refractivity (Wildman–Crippen MR) is 68.3 cm³/mol. The Hall–Kier alpha value is -1.69. The molecule has 1 aliphatic rings. The second-order valence-electron chi connectivity index (χ2n) is 4.40. The normalized spacial score (nSPS) is 20.0. The maximum Gasteiger partial charge on any atom is 0.273 e. The number of nitrogens with zero attached hydrogens (tertiary/aromatic N) is 3. The van der Waals surface area contributed by atoms with Crippen LogP contribution in [0.4, 0.5) is 0 Å². The van der Waals surface area contributed by atoms with Crippen molar-refractivity contribution in [3.8, 4) is 0 Å². The van der Waals surface area contributed by atoms with Crippen LogP contribution >= 0.6 is 11.3 Å². The number of carbonyl (C=O) groups is 1. The van der Waals surface area contributed by atoms with E-state index in [0.717, 1.165) is 31.5 Å². The molecule has 1 N–H and O–H groups in total. The smallest absolute Gasteiger partial charge is 0.273 e. The van der Waals surface area contributed by atoms with Gasteiger partial charge in [0, 0.05) is 18.1 Å². The second kappa shape index (κ2) is 4.89.